The smallest absolute Gasteiger partial charge is 0.194 e. The molecular weight excluding hydrogens is 176 g/mol. The molecule has 0 atom stereocenters. The number of hydrogen-bond donors (Lipinski definition) is 1. The van der Waals surface area contributed by atoms with Crippen LogP contribution in [0.4, 0.5) is 0 Å². The average Bonchev–Trinajstić information content (AvgIpc) is 2.18. The molecule has 0 aliphatic rings. The summed E-state index contributed by atoms with van der Waals surface area (Å²) in [5.74, 6) is 0. The molecule has 2 aromatic heterocycles. The van der Waals surface area contributed by atoms with Crippen molar-refractivity contribution in [1.29, 1.82) is 0 Å². The maximum absolute atomic E-state index is 11.8. The van der Waals surface area contributed by atoms with Crippen LogP contribution in [0.25, 0.3) is 11.0 Å². The Labute approximate surface area is 81.8 Å². The van der Waals surface area contributed by atoms with Crippen LogP contribution in [0.1, 0.15) is 18.2 Å². The molecule has 0 amide bonds. The van der Waals surface area contributed by atoms with Crippen LogP contribution in [0.2, 0.25) is 0 Å². The Morgan fingerprint density at radius 1 is 1.43 bits per heavy atom. The van der Waals surface area contributed by atoms with E-state index in [9.17, 15) is 4.79 Å². The quantitative estimate of drug-likeness (QED) is 0.741. The number of hydrogen-bond acceptors (Lipinski definition) is 2. The first-order valence-corrected chi connectivity index (χ1v) is 4.70. The van der Waals surface area contributed by atoms with E-state index < -0.39 is 0 Å². The second kappa shape index (κ2) is 3.25. The molecule has 0 bridgehead atoms. The molecule has 0 spiro atoms. The molecule has 0 aliphatic heterocycles. The number of nitrogens with one attached hydrogen (secondary N) is 1. The minimum atomic E-state index is 0.0914. The van der Waals surface area contributed by atoms with Gasteiger partial charge in [0.25, 0.3) is 0 Å². The summed E-state index contributed by atoms with van der Waals surface area (Å²) in [6.45, 7) is 3.88. The van der Waals surface area contributed by atoms with E-state index in [0.717, 1.165) is 17.7 Å². The fourth-order valence-corrected chi connectivity index (χ4v) is 1.51. The molecule has 0 aliphatic carbocycles. The molecule has 14 heavy (non-hydrogen) atoms. The number of aromatic amines is 1. The standard InChI is InChI=1S/C11H12N2O/c1-3-8-6-12-11-9(10(8)14)5-4-7(2)13-11/h4-6H,3H2,1-2H3,(H,12,13,14). The Balaban J connectivity index is 2.84. The number of fused-ring (bicyclic) bond motifs is 1. The van der Waals surface area contributed by atoms with Gasteiger partial charge in [0.2, 0.25) is 0 Å². The summed E-state index contributed by atoms with van der Waals surface area (Å²) in [5, 5.41) is 0.676. The van der Waals surface area contributed by atoms with Gasteiger partial charge in [-0.05, 0) is 25.5 Å². The SMILES string of the molecule is CCc1c[nH]c2nc(C)ccc2c1=O. The van der Waals surface area contributed by atoms with Crippen LogP contribution in [0.5, 0.6) is 0 Å². The fourth-order valence-electron chi connectivity index (χ4n) is 1.51. The lowest BCUT2D eigenvalue weighted by molar-refractivity contribution is 1.09. The van der Waals surface area contributed by atoms with Gasteiger partial charge in [0, 0.05) is 17.5 Å². The molecule has 0 unspecified atom stereocenters. The van der Waals surface area contributed by atoms with Gasteiger partial charge in [0.1, 0.15) is 5.65 Å². The number of rotatable bonds is 1. The van der Waals surface area contributed by atoms with Crippen molar-refractivity contribution in [2.75, 3.05) is 0 Å². The van der Waals surface area contributed by atoms with Crippen molar-refractivity contribution in [3.63, 3.8) is 0 Å². The van der Waals surface area contributed by atoms with Crippen LogP contribution < -0.4 is 5.43 Å². The van der Waals surface area contributed by atoms with Gasteiger partial charge >= 0.3 is 0 Å². The van der Waals surface area contributed by atoms with E-state index in [2.05, 4.69) is 9.97 Å². The molecule has 0 aromatic carbocycles. The number of nitrogens with zero attached hydrogens (tertiary/aromatic N) is 1. The summed E-state index contributed by atoms with van der Waals surface area (Å²) < 4.78 is 0. The van der Waals surface area contributed by atoms with Gasteiger partial charge in [-0.2, -0.15) is 0 Å². The van der Waals surface area contributed by atoms with E-state index in [-0.39, 0.29) is 5.43 Å². The predicted molar refractivity (Wildman–Crippen MR) is 56.5 cm³/mol. The van der Waals surface area contributed by atoms with Gasteiger partial charge < -0.3 is 4.98 Å². The van der Waals surface area contributed by atoms with Crippen molar-refractivity contribution in [2.45, 2.75) is 20.3 Å². The summed E-state index contributed by atoms with van der Waals surface area (Å²) >= 11 is 0. The van der Waals surface area contributed by atoms with Crippen molar-refractivity contribution in [1.82, 2.24) is 9.97 Å². The van der Waals surface area contributed by atoms with Gasteiger partial charge in [0.15, 0.2) is 5.43 Å². The fraction of sp³-hybridized carbons (Fsp3) is 0.273. The molecule has 3 heteroatoms. The Morgan fingerprint density at radius 2 is 2.21 bits per heavy atom. The number of aryl methyl sites for hydroxylation is 2. The Morgan fingerprint density at radius 3 is 2.93 bits per heavy atom. The van der Waals surface area contributed by atoms with Gasteiger partial charge in [-0.25, -0.2) is 4.98 Å². The monoisotopic (exact) mass is 188 g/mol. The number of H-pyrrole nitrogens is 1. The molecule has 3 nitrogen and oxygen atoms in total. The van der Waals surface area contributed by atoms with E-state index in [4.69, 9.17) is 0 Å². The van der Waals surface area contributed by atoms with Gasteiger partial charge in [0.05, 0.1) is 5.39 Å². The van der Waals surface area contributed by atoms with Crippen LogP contribution in [-0.4, -0.2) is 9.97 Å². The van der Waals surface area contributed by atoms with Gasteiger partial charge in [-0.3, -0.25) is 4.79 Å². The molecule has 0 radical (unpaired) electrons. The van der Waals surface area contributed by atoms with Crippen molar-refractivity contribution in [3.8, 4) is 0 Å². The molecule has 72 valence electrons. The lowest BCUT2D eigenvalue weighted by Gasteiger charge is -2.00. The second-order valence-electron chi connectivity index (χ2n) is 3.35. The van der Waals surface area contributed by atoms with Crippen molar-refractivity contribution < 1.29 is 0 Å². The minimum absolute atomic E-state index is 0.0914. The van der Waals surface area contributed by atoms with E-state index >= 15 is 0 Å². The molecule has 2 heterocycles. The highest BCUT2D eigenvalue weighted by Crippen LogP contribution is 2.06. The zero-order chi connectivity index (χ0) is 10.1. The largest absolute Gasteiger partial charge is 0.346 e. The number of pyridine rings is 2. The summed E-state index contributed by atoms with van der Waals surface area (Å²) in [5.41, 5.74) is 2.49. The van der Waals surface area contributed by atoms with Gasteiger partial charge in [-0.1, -0.05) is 6.92 Å². The highest BCUT2D eigenvalue weighted by Gasteiger charge is 2.03. The molecule has 0 saturated heterocycles. The second-order valence-corrected chi connectivity index (χ2v) is 3.35. The van der Waals surface area contributed by atoms with Gasteiger partial charge in [-0.15, -0.1) is 0 Å². The summed E-state index contributed by atoms with van der Waals surface area (Å²) in [6, 6.07) is 3.69. The first kappa shape index (κ1) is 8.94. The highest BCUT2D eigenvalue weighted by molar-refractivity contribution is 5.74. The molecule has 0 saturated carbocycles. The van der Waals surface area contributed by atoms with Crippen molar-refractivity contribution >= 4 is 11.0 Å². The lowest BCUT2D eigenvalue weighted by Crippen LogP contribution is -2.09. The zero-order valence-electron chi connectivity index (χ0n) is 8.29. The van der Waals surface area contributed by atoms with E-state index in [0.29, 0.717) is 11.0 Å². The van der Waals surface area contributed by atoms with Crippen LogP contribution in [0.3, 0.4) is 0 Å². The van der Waals surface area contributed by atoms with Crippen LogP contribution in [0.15, 0.2) is 23.1 Å². The summed E-state index contributed by atoms with van der Waals surface area (Å²) in [4.78, 5) is 19.1. The van der Waals surface area contributed by atoms with E-state index in [1.165, 1.54) is 0 Å². The third-order valence-corrected chi connectivity index (χ3v) is 2.33. The van der Waals surface area contributed by atoms with Crippen LogP contribution in [0, 0.1) is 6.92 Å². The first-order chi connectivity index (χ1) is 6.72. The summed E-state index contributed by atoms with van der Waals surface area (Å²) in [6.07, 6.45) is 2.50. The average molecular weight is 188 g/mol. The van der Waals surface area contributed by atoms with E-state index in [1.54, 1.807) is 6.20 Å². The van der Waals surface area contributed by atoms with Crippen LogP contribution >= 0.6 is 0 Å². The maximum atomic E-state index is 11.8. The number of aromatic nitrogens is 2. The normalized spacial score (nSPS) is 10.7. The Kier molecular flexibility index (Phi) is 2.08. The summed E-state index contributed by atoms with van der Waals surface area (Å²) in [7, 11) is 0. The lowest BCUT2D eigenvalue weighted by atomic mass is 10.1. The highest BCUT2D eigenvalue weighted by atomic mass is 16.1. The Bertz CT molecular complexity index is 528. The molecule has 0 fully saturated rings. The minimum Gasteiger partial charge on any atom is -0.346 e. The first-order valence-electron chi connectivity index (χ1n) is 4.70. The molecule has 2 aromatic rings. The van der Waals surface area contributed by atoms with Crippen molar-refractivity contribution in [2.24, 2.45) is 0 Å². The molecular formula is C11H12N2O. The molecule has 2 rings (SSSR count). The van der Waals surface area contributed by atoms with Crippen LogP contribution in [-0.2, 0) is 6.42 Å². The Hall–Kier alpha value is -1.64. The zero-order valence-corrected chi connectivity index (χ0v) is 8.29. The molecule has 1 N–H and O–H groups in total. The van der Waals surface area contributed by atoms with E-state index in [1.807, 2.05) is 26.0 Å². The third kappa shape index (κ3) is 1.31. The maximum Gasteiger partial charge on any atom is 0.194 e. The third-order valence-electron chi connectivity index (χ3n) is 2.33. The van der Waals surface area contributed by atoms with Crippen molar-refractivity contribution in [3.05, 3.63) is 39.8 Å². The topological polar surface area (TPSA) is 45.8 Å². The predicted octanol–water partition coefficient (Wildman–Crippen LogP) is 1.79.